The molecule has 0 aromatic heterocycles. The summed E-state index contributed by atoms with van der Waals surface area (Å²) in [6.07, 6.45) is 0.951. The van der Waals surface area contributed by atoms with Crippen molar-refractivity contribution in [2.75, 3.05) is 52.8 Å². The lowest BCUT2D eigenvalue weighted by atomic mass is 10.2. The highest BCUT2D eigenvalue weighted by molar-refractivity contribution is 7.98. The molecule has 2 N–H and O–H groups in total. The SMILES string of the molecule is CN=C(NCCCOCCOC)NCCSCc1ccc(C)cc1. The number of hydrogen-bond acceptors (Lipinski definition) is 4. The van der Waals surface area contributed by atoms with Crippen LogP contribution in [0.15, 0.2) is 29.3 Å². The lowest BCUT2D eigenvalue weighted by Crippen LogP contribution is -2.39. The number of nitrogens with zero attached hydrogens (tertiary/aromatic N) is 1. The monoisotopic (exact) mass is 353 g/mol. The zero-order chi connectivity index (χ0) is 17.5. The second kappa shape index (κ2) is 14.1. The van der Waals surface area contributed by atoms with Crippen molar-refractivity contribution in [1.29, 1.82) is 0 Å². The van der Waals surface area contributed by atoms with Gasteiger partial charge in [0, 0.05) is 45.4 Å². The Hall–Kier alpha value is -1.24. The molecule has 0 heterocycles. The highest BCUT2D eigenvalue weighted by Crippen LogP contribution is 2.12. The van der Waals surface area contributed by atoms with Crippen LogP contribution in [0.25, 0.3) is 0 Å². The Morgan fingerprint density at radius 2 is 1.83 bits per heavy atom. The summed E-state index contributed by atoms with van der Waals surface area (Å²) in [5.41, 5.74) is 2.69. The topological polar surface area (TPSA) is 54.9 Å². The van der Waals surface area contributed by atoms with Gasteiger partial charge in [-0.1, -0.05) is 29.8 Å². The highest BCUT2D eigenvalue weighted by atomic mass is 32.2. The summed E-state index contributed by atoms with van der Waals surface area (Å²) in [6, 6.07) is 8.73. The molecule has 1 rings (SSSR count). The molecule has 0 amide bonds. The summed E-state index contributed by atoms with van der Waals surface area (Å²) >= 11 is 1.93. The van der Waals surface area contributed by atoms with Gasteiger partial charge < -0.3 is 20.1 Å². The maximum atomic E-state index is 5.42. The van der Waals surface area contributed by atoms with Gasteiger partial charge in [-0.25, -0.2) is 0 Å². The lowest BCUT2D eigenvalue weighted by molar-refractivity contribution is 0.0698. The molecular weight excluding hydrogens is 322 g/mol. The Morgan fingerprint density at radius 1 is 1.08 bits per heavy atom. The molecule has 1 aromatic rings. The molecule has 0 spiro atoms. The molecule has 0 saturated heterocycles. The number of nitrogens with one attached hydrogen (secondary N) is 2. The molecular formula is C18H31N3O2S. The third-order valence-corrected chi connectivity index (χ3v) is 4.37. The van der Waals surface area contributed by atoms with E-state index in [4.69, 9.17) is 9.47 Å². The summed E-state index contributed by atoms with van der Waals surface area (Å²) in [4.78, 5) is 4.23. The molecule has 5 nitrogen and oxygen atoms in total. The van der Waals surface area contributed by atoms with Crippen LogP contribution in [0, 0.1) is 6.92 Å². The van der Waals surface area contributed by atoms with Crippen LogP contribution in [-0.2, 0) is 15.2 Å². The minimum atomic E-state index is 0.650. The van der Waals surface area contributed by atoms with Gasteiger partial charge in [0.2, 0.25) is 0 Å². The standard InChI is InChI=1S/C18H31N3O2S/c1-16-5-7-17(8-6-16)15-24-14-10-21-18(19-2)20-9-4-11-23-13-12-22-3/h5-8H,4,9-15H2,1-3H3,(H2,19,20,21). The average molecular weight is 354 g/mol. The van der Waals surface area contributed by atoms with E-state index in [9.17, 15) is 0 Å². The first-order chi connectivity index (χ1) is 11.8. The van der Waals surface area contributed by atoms with E-state index in [0.717, 1.165) is 43.6 Å². The van der Waals surface area contributed by atoms with Crippen molar-refractivity contribution in [2.24, 2.45) is 4.99 Å². The molecule has 0 aliphatic carbocycles. The molecule has 1 aromatic carbocycles. The van der Waals surface area contributed by atoms with E-state index in [1.807, 2.05) is 11.8 Å². The second-order valence-electron chi connectivity index (χ2n) is 5.42. The van der Waals surface area contributed by atoms with Gasteiger partial charge in [0.1, 0.15) is 0 Å². The molecule has 0 aliphatic rings. The van der Waals surface area contributed by atoms with Crippen LogP contribution in [-0.4, -0.2) is 58.8 Å². The Balaban J connectivity index is 2.00. The fraction of sp³-hybridized carbons (Fsp3) is 0.611. The number of guanidine groups is 1. The van der Waals surface area contributed by atoms with Gasteiger partial charge in [-0.2, -0.15) is 11.8 Å². The van der Waals surface area contributed by atoms with E-state index in [1.54, 1.807) is 14.2 Å². The second-order valence-corrected chi connectivity index (χ2v) is 6.53. The number of rotatable bonds is 12. The molecule has 0 bridgehead atoms. The van der Waals surface area contributed by atoms with Crippen LogP contribution in [0.2, 0.25) is 0 Å². The Bertz CT molecular complexity index is 452. The predicted octanol–water partition coefficient (Wildman–Crippen LogP) is 2.45. The quantitative estimate of drug-likeness (QED) is 0.343. The van der Waals surface area contributed by atoms with Crippen molar-refractivity contribution < 1.29 is 9.47 Å². The van der Waals surface area contributed by atoms with E-state index in [-0.39, 0.29) is 0 Å². The van der Waals surface area contributed by atoms with E-state index < -0.39 is 0 Å². The largest absolute Gasteiger partial charge is 0.382 e. The smallest absolute Gasteiger partial charge is 0.191 e. The van der Waals surface area contributed by atoms with Gasteiger partial charge in [-0.15, -0.1) is 0 Å². The predicted molar refractivity (Wildman–Crippen MR) is 104 cm³/mol. The Kier molecular flexibility index (Phi) is 12.3. The van der Waals surface area contributed by atoms with Crippen molar-refractivity contribution in [3.05, 3.63) is 35.4 Å². The zero-order valence-corrected chi connectivity index (χ0v) is 16.0. The normalized spacial score (nSPS) is 11.5. The first kappa shape index (κ1) is 20.8. The van der Waals surface area contributed by atoms with Gasteiger partial charge >= 0.3 is 0 Å². The first-order valence-corrected chi connectivity index (χ1v) is 9.56. The number of hydrogen-bond donors (Lipinski definition) is 2. The van der Waals surface area contributed by atoms with Crippen molar-refractivity contribution in [3.8, 4) is 0 Å². The molecule has 24 heavy (non-hydrogen) atoms. The van der Waals surface area contributed by atoms with Crippen molar-refractivity contribution in [3.63, 3.8) is 0 Å². The average Bonchev–Trinajstić information content (AvgIpc) is 2.60. The molecule has 0 unspecified atom stereocenters. The van der Waals surface area contributed by atoms with Crippen LogP contribution < -0.4 is 10.6 Å². The summed E-state index contributed by atoms with van der Waals surface area (Å²) in [5, 5.41) is 6.63. The van der Waals surface area contributed by atoms with E-state index >= 15 is 0 Å². The maximum Gasteiger partial charge on any atom is 0.191 e. The fourth-order valence-electron chi connectivity index (χ4n) is 1.96. The summed E-state index contributed by atoms with van der Waals surface area (Å²) in [7, 11) is 3.48. The van der Waals surface area contributed by atoms with E-state index in [1.165, 1.54) is 11.1 Å². The van der Waals surface area contributed by atoms with Crippen LogP contribution >= 0.6 is 11.8 Å². The number of aliphatic imine (C=N–C) groups is 1. The third kappa shape index (κ3) is 10.5. The molecule has 0 radical (unpaired) electrons. The van der Waals surface area contributed by atoms with Gasteiger partial charge in [-0.05, 0) is 18.9 Å². The van der Waals surface area contributed by atoms with Crippen molar-refractivity contribution in [2.45, 2.75) is 19.1 Å². The molecule has 136 valence electrons. The molecule has 0 atom stereocenters. The lowest BCUT2D eigenvalue weighted by Gasteiger charge is -2.12. The molecule has 0 saturated carbocycles. The van der Waals surface area contributed by atoms with Gasteiger partial charge in [-0.3, -0.25) is 4.99 Å². The minimum Gasteiger partial charge on any atom is -0.382 e. The maximum absolute atomic E-state index is 5.42. The summed E-state index contributed by atoms with van der Waals surface area (Å²) in [6.45, 7) is 5.91. The van der Waals surface area contributed by atoms with Gasteiger partial charge in [0.15, 0.2) is 5.96 Å². The highest BCUT2D eigenvalue weighted by Gasteiger charge is 1.98. The van der Waals surface area contributed by atoms with Crippen LogP contribution in [0.4, 0.5) is 0 Å². The van der Waals surface area contributed by atoms with Gasteiger partial charge in [0.05, 0.1) is 13.2 Å². The van der Waals surface area contributed by atoms with Crippen molar-refractivity contribution >= 4 is 17.7 Å². The van der Waals surface area contributed by atoms with Crippen LogP contribution in [0.5, 0.6) is 0 Å². The van der Waals surface area contributed by atoms with E-state index in [0.29, 0.717) is 13.2 Å². The minimum absolute atomic E-state index is 0.650. The molecule has 0 aliphatic heterocycles. The van der Waals surface area contributed by atoms with Crippen molar-refractivity contribution in [1.82, 2.24) is 10.6 Å². The van der Waals surface area contributed by atoms with Gasteiger partial charge in [0.25, 0.3) is 0 Å². The Morgan fingerprint density at radius 3 is 2.54 bits per heavy atom. The fourth-order valence-corrected chi connectivity index (χ4v) is 2.78. The first-order valence-electron chi connectivity index (χ1n) is 8.40. The van der Waals surface area contributed by atoms with Crippen LogP contribution in [0.3, 0.4) is 0 Å². The molecule has 6 heteroatoms. The number of thioether (sulfide) groups is 1. The number of benzene rings is 1. The number of ether oxygens (including phenoxy) is 2. The van der Waals surface area contributed by atoms with Crippen LogP contribution in [0.1, 0.15) is 17.5 Å². The number of aryl methyl sites for hydroxylation is 1. The summed E-state index contributed by atoms with van der Waals surface area (Å²) < 4.78 is 10.4. The third-order valence-electron chi connectivity index (χ3n) is 3.34. The van der Waals surface area contributed by atoms with E-state index in [2.05, 4.69) is 46.8 Å². The molecule has 0 fully saturated rings. The Labute approximate surface area is 150 Å². The number of methoxy groups -OCH3 is 1. The summed E-state index contributed by atoms with van der Waals surface area (Å²) in [5.74, 6) is 2.95. The zero-order valence-electron chi connectivity index (χ0n) is 15.1.